The second kappa shape index (κ2) is 5.56. The van der Waals surface area contributed by atoms with Gasteiger partial charge < -0.3 is 4.74 Å². The molecule has 1 aromatic carbocycles. The molecule has 0 saturated heterocycles. The highest BCUT2D eigenvalue weighted by Crippen LogP contribution is 2.32. The number of alkyl halides is 2. The number of ketones is 1. The number of hydrogen-bond donors (Lipinski definition) is 0. The first-order valence-corrected chi connectivity index (χ1v) is 5.80. The molecule has 5 heteroatoms. The van der Waals surface area contributed by atoms with Gasteiger partial charge >= 0.3 is 0 Å². The first-order chi connectivity index (χ1) is 7.47. The maximum atomic E-state index is 12.8. The van der Waals surface area contributed by atoms with Crippen LogP contribution in [0.1, 0.15) is 36.2 Å². The van der Waals surface area contributed by atoms with Crippen LogP contribution in [0.4, 0.5) is 8.78 Å². The van der Waals surface area contributed by atoms with Crippen LogP contribution in [0.25, 0.3) is 0 Å². The average molecular weight is 340 g/mol. The molecule has 0 unspecified atom stereocenters. The number of carbonyl (C=O) groups excluding carboxylic acids is 1. The van der Waals surface area contributed by atoms with Gasteiger partial charge in [0.1, 0.15) is 5.75 Å². The van der Waals surface area contributed by atoms with Gasteiger partial charge in [0.05, 0.1) is 6.61 Å². The lowest BCUT2D eigenvalue weighted by molar-refractivity contribution is 0.0997. The van der Waals surface area contributed by atoms with E-state index in [0.717, 1.165) is 0 Å². The third-order valence-corrected chi connectivity index (χ3v) is 2.90. The van der Waals surface area contributed by atoms with Crippen LogP contribution < -0.4 is 4.74 Å². The van der Waals surface area contributed by atoms with Crippen molar-refractivity contribution in [3.05, 3.63) is 26.8 Å². The summed E-state index contributed by atoms with van der Waals surface area (Å²) in [7, 11) is 0. The van der Waals surface area contributed by atoms with Gasteiger partial charge in [0, 0.05) is 14.7 Å². The molecule has 0 aliphatic heterocycles. The van der Waals surface area contributed by atoms with Crippen LogP contribution in [-0.2, 0) is 0 Å². The predicted molar refractivity (Wildman–Crippen MR) is 65.3 cm³/mol. The minimum Gasteiger partial charge on any atom is -0.494 e. The van der Waals surface area contributed by atoms with E-state index in [-0.39, 0.29) is 16.9 Å². The van der Waals surface area contributed by atoms with Gasteiger partial charge in [-0.25, -0.2) is 8.78 Å². The summed E-state index contributed by atoms with van der Waals surface area (Å²) in [6.45, 7) is 3.50. The van der Waals surface area contributed by atoms with Crippen molar-refractivity contribution in [1.29, 1.82) is 0 Å². The molecule has 0 aliphatic rings. The van der Waals surface area contributed by atoms with Crippen LogP contribution in [-0.4, -0.2) is 12.4 Å². The molecule has 0 fully saturated rings. The summed E-state index contributed by atoms with van der Waals surface area (Å²) in [5.41, 5.74) is -0.179. The van der Waals surface area contributed by atoms with Crippen molar-refractivity contribution in [2.45, 2.75) is 20.3 Å². The summed E-state index contributed by atoms with van der Waals surface area (Å²) in [6, 6.07) is 2.88. The van der Waals surface area contributed by atoms with E-state index in [9.17, 15) is 13.6 Å². The van der Waals surface area contributed by atoms with Crippen LogP contribution in [0.3, 0.4) is 0 Å². The van der Waals surface area contributed by atoms with Gasteiger partial charge in [0.25, 0.3) is 6.43 Å². The quantitative estimate of drug-likeness (QED) is 0.615. The molecule has 0 saturated carbocycles. The fourth-order valence-corrected chi connectivity index (χ4v) is 2.19. The Labute approximate surface area is 106 Å². The van der Waals surface area contributed by atoms with Crippen molar-refractivity contribution in [3.8, 4) is 5.75 Å². The molecule has 0 bridgehead atoms. The fourth-order valence-electron chi connectivity index (χ4n) is 1.36. The Kier molecular flexibility index (Phi) is 4.64. The summed E-state index contributed by atoms with van der Waals surface area (Å²) >= 11 is 1.79. The summed E-state index contributed by atoms with van der Waals surface area (Å²) in [5.74, 6) is 0.0660. The van der Waals surface area contributed by atoms with Crippen LogP contribution in [0.2, 0.25) is 0 Å². The lowest BCUT2D eigenvalue weighted by Gasteiger charge is -2.12. The van der Waals surface area contributed by atoms with E-state index in [1.807, 2.05) is 0 Å². The third kappa shape index (κ3) is 2.90. The van der Waals surface area contributed by atoms with Gasteiger partial charge in [-0.2, -0.15) is 0 Å². The number of rotatable bonds is 4. The molecule has 0 atom stereocenters. The van der Waals surface area contributed by atoms with E-state index < -0.39 is 6.43 Å². The van der Waals surface area contributed by atoms with Crippen molar-refractivity contribution < 1.29 is 18.3 Å². The van der Waals surface area contributed by atoms with E-state index in [0.29, 0.717) is 15.9 Å². The molecule has 0 amide bonds. The van der Waals surface area contributed by atoms with Gasteiger partial charge in [-0.1, -0.05) is 0 Å². The Morgan fingerprint density at radius 3 is 2.56 bits per heavy atom. The van der Waals surface area contributed by atoms with Crippen molar-refractivity contribution in [1.82, 2.24) is 0 Å². The van der Waals surface area contributed by atoms with Crippen LogP contribution in [0, 0.1) is 3.57 Å². The normalized spacial score (nSPS) is 10.6. The topological polar surface area (TPSA) is 26.3 Å². The van der Waals surface area contributed by atoms with E-state index in [2.05, 4.69) is 0 Å². The Morgan fingerprint density at radius 2 is 2.12 bits per heavy atom. The van der Waals surface area contributed by atoms with Crippen LogP contribution in [0.5, 0.6) is 5.75 Å². The van der Waals surface area contributed by atoms with E-state index in [4.69, 9.17) is 4.74 Å². The van der Waals surface area contributed by atoms with E-state index >= 15 is 0 Å². The highest BCUT2D eigenvalue weighted by atomic mass is 127. The van der Waals surface area contributed by atoms with Crippen molar-refractivity contribution in [3.63, 3.8) is 0 Å². The minimum atomic E-state index is -2.65. The SMILES string of the molecule is CCOc1cc(I)c(C(F)F)c(C(C)=O)c1. The lowest BCUT2D eigenvalue weighted by Crippen LogP contribution is -2.04. The van der Waals surface area contributed by atoms with Gasteiger partial charge in [0.2, 0.25) is 0 Å². The van der Waals surface area contributed by atoms with E-state index in [1.54, 1.807) is 29.5 Å². The number of ether oxygens (including phenoxy) is 1. The minimum absolute atomic E-state index is 0.0327. The maximum Gasteiger partial charge on any atom is 0.265 e. The highest BCUT2D eigenvalue weighted by molar-refractivity contribution is 14.1. The highest BCUT2D eigenvalue weighted by Gasteiger charge is 2.20. The number of carbonyl (C=O) groups is 1. The van der Waals surface area contributed by atoms with Crippen molar-refractivity contribution in [2.24, 2.45) is 0 Å². The predicted octanol–water partition coefficient (Wildman–Crippen LogP) is 3.83. The monoisotopic (exact) mass is 340 g/mol. The van der Waals surface area contributed by atoms with Gasteiger partial charge in [-0.3, -0.25) is 4.79 Å². The summed E-state index contributed by atoms with van der Waals surface area (Å²) in [5, 5.41) is 0. The lowest BCUT2D eigenvalue weighted by atomic mass is 10.0. The molecule has 0 N–H and O–H groups in total. The number of Topliss-reactive ketones (excluding diaryl/α,β-unsaturated/α-hetero) is 1. The number of hydrogen-bond acceptors (Lipinski definition) is 2. The molecule has 1 rings (SSSR count). The zero-order valence-corrected chi connectivity index (χ0v) is 11.0. The maximum absolute atomic E-state index is 12.8. The van der Waals surface area contributed by atoms with E-state index in [1.165, 1.54) is 19.1 Å². The molecule has 16 heavy (non-hydrogen) atoms. The number of benzene rings is 1. The second-order valence-electron chi connectivity index (χ2n) is 3.16. The molecule has 0 radical (unpaired) electrons. The number of halogens is 3. The zero-order valence-electron chi connectivity index (χ0n) is 8.89. The largest absolute Gasteiger partial charge is 0.494 e. The third-order valence-electron chi connectivity index (χ3n) is 2.01. The van der Waals surface area contributed by atoms with Crippen molar-refractivity contribution >= 4 is 28.4 Å². The molecule has 0 heterocycles. The van der Waals surface area contributed by atoms with Gasteiger partial charge in [-0.15, -0.1) is 0 Å². The molecule has 0 aromatic heterocycles. The summed E-state index contributed by atoms with van der Waals surface area (Å²) in [6.07, 6.45) is -2.65. The first-order valence-electron chi connectivity index (χ1n) is 4.72. The second-order valence-corrected chi connectivity index (χ2v) is 4.32. The molecule has 1 aromatic rings. The Morgan fingerprint density at radius 1 is 1.50 bits per heavy atom. The van der Waals surface area contributed by atoms with Gasteiger partial charge in [-0.05, 0) is 48.6 Å². The first kappa shape index (κ1) is 13.3. The molecule has 0 aliphatic carbocycles. The molecular formula is C11H11F2IO2. The molecule has 88 valence electrons. The standard InChI is InChI=1S/C11H11F2IO2/c1-3-16-7-4-8(6(2)15)10(11(12)13)9(14)5-7/h4-5,11H,3H2,1-2H3. The van der Waals surface area contributed by atoms with Crippen LogP contribution in [0.15, 0.2) is 12.1 Å². The van der Waals surface area contributed by atoms with Crippen LogP contribution >= 0.6 is 22.6 Å². The Hall–Kier alpha value is -0.720. The Balaban J connectivity index is 3.33. The fraction of sp³-hybridized carbons (Fsp3) is 0.364. The van der Waals surface area contributed by atoms with Crippen molar-refractivity contribution in [2.75, 3.05) is 6.61 Å². The molecule has 0 spiro atoms. The van der Waals surface area contributed by atoms with Gasteiger partial charge in [0.15, 0.2) is 5.78 Å². The smallest absolute Gasteiger partial charge is 0.265 e. The zero-order chi connectivity index (χ0) is 12.3. The molecule has 2 nitrogen and oxygen atoms in total. The Bertz CT molecular complexity index is 405. The summed E-state index contributed by atoms with van der Waals surface area (Å²) < 4.78 is 31.1. The average Bonchev–Trinajstić information content (AvgIpc) is 2.16. The summed E-state index contributed by atoms with van der Waals surface area (Å²) in [4.78, 5) is 11.3. The molecular weight excluding hydrogens is 329 g/mol.